The Morgan fingerprint density at radius 2 is 1.90 bits per heavy atom. The van der Waals surface area contributed by atoms with E-state index < -0.39 is 6.10 Å². The van der Waals surface area contributed by atoms with Crippen molar-refractivity contribution in [3.05, 3.63) is 59.4 Å². The smallest absolute Gasteiger partial charge is 0.249 e. The first-order chi connectivity index (χ1) is 14.5. The summed E-state index contributed by atoms with van der Waals surface area (Å²) < 4.78 is 7.30. The van der Waals surface area contributed by atoms with Crippen LogP contribution in [0.15, 0.2) is 42.5 Å². The number of amides is 2. The maximum atomic E-state index is 12.9. The summed E-state index contributed by atoms with van der Waals surface area (Å²) in [6.45, 7) is 4.92. The van der Waals surface area contributed by atoms with Gasteiger partial charge in [0.2, 0.25) is 11.8 Å². The van der Waals surface area contributed by atoms with Gasteiger partial charge in [0.15, 0.2) is 0 Å². The van der Waals surface area contributed by atoms with E-state index in [9.17, 15) is 9.59 Å². The first kappa shape index (κ1) is 20.1. The molecule has 0 spiro atoms. The number of nitrogens with zero attached hydrogens (tertiary/aromatic N) is 2. The number of hydrogen-bond donors (Lipinski definition) is 2. The fourth-order valence-corrected chi connectivity index (χ4v) is 3.84. The van der Waals surface area contributed by atoms with E-state index in [-0.39, 0.29) is 24.9 Å². The van der Waals surface area contributed by atoms with Crippen molar-refractivity contribution >= 4 is 28.5 Å². The zero-order valence-corrected chi connectivity index (χ0v) is 17.3. The lowest BCUT2D eigenvalue weighted by atomic mass is 10.1. The van der Waals surface area contributed by atoms with Crippen molar-refractivity contribution < 1.29 is 14.3 Å². The molecule has 2 aromatic carbocycles. The summed E-state index contributed by atoms with van der Waals surface area (Å²) in [6.07, 6.45) is 1.24. The van der Waals surface area contributed by atoms with E-state index in [1.165, 1.54) is 0 Å². The molecule has 1 unspecified atom stereocenters. The third-order valence-corrected chi connectivity index (χ3v) is 5.42. The minimum atomic E-state index is -0.393. The molecule has 7 heteroatoms. The van der Waals surface area contributed by atoms with Crippen LogP contribution in [0.5, 0.6) is 0 Å². The molecule has 7 nitrogen and oxygen atoms in total. The van der Waals surface area contributed by atoms with E-state index in [2.05, 4.69) is 15.6 Å². The fourth-order valence-electron chi connectivity index (χ4n) is 3.84. The zero-order chi connectivity index (χ0) is 21.1. The lowest BCUT2D eigenvalue weighted by molar-refractivity contribution is -0.130. The number of nitrogens with one attached hydrogen (secondary N) is 2. The number of imidazole rings is 1. The van der Waals surface area contributed by atoms with Crippen LogP contribution >= 0.6 is 0 Å². The number of anilines is 1. The molecule has 1 aliphatic heterocycles. The fraction of sp³-hybridized carbons (Fsp3) is 0.348. The number of rotatable bonds is 6. The quantitative estimate of drug-likeness (QED) is 0.659. The highest BCUT2D eigenvalue weighted by Crippen LogP contribution is 2.21. The van der Waals surface area contributed by atoms with Gasteiger partial charge in [-0.15, -0.1) is 0 Å². The molecular weight excluding hydrogens is 380 g/mol. The molecule has 2 heterocycles. The van der Waals surface area contributed by atoms with Gasteiger partial charge in [0.1, 0.15) is 18.5 Å². The van der Waals surface area contributed by atoms with E-state index in [4.69, 9.17) is 4.74 Å². The third-order valence-electron chi connectivity index (χ3n) is 5.42. The molecule has 1 aromatic heterocycles. The van der Waals surface area contributed by atoms with E-state index >= 15 is 0 Å². The van der Waals surface area contributed by atoms with Crippen molar-refractivity contribution in [2.45, 2.75) is 45.9 Å². The zero-order valence-electron chi connectivity index (χ0n) is 17.3. The van der Waals surface area contributed by atoms with Crippen molar-refractivity contribution in [2.75, 3.05) is 11.9 Å². The first-order valence-electron chi connectivity index (χ1n) is 10.2. The second kappa shape index (κ2) is 8.67. The molecule has 156 valence electrons. The van der Waals surface area contributed by atoms with Crippen LogP contribution in [0, 0.1) is 13.8 Å². The van der Waals surface area contributed by atoms with Gasteiger partial charge in [0.25, 0.3) is 0 Å². The Balaban J connectivity index is 1.54. The van der Waals surface area contributed by atoms with Crippen LogP contribution in [0.2, 0.25) is 0 Å². The van der Waals surface area contributed by atoms with Crippen molar-refractivity contribution in [2.24, 2.45) is 0 Å². The summed E-state index contributed by atoms with van der Waals surface area (Å²) in [6, 6.07) is 13.6. The number of carbonyl (C=O) groups is 2. The Bertz CT molecular complexity index is 1060. The van der Waals surface area contributed by atoms with Crippen LogP contribution < -0.4 is 10.6 Å². The number of para-hydroxylation sites is 3. The van der Waals surface area contributed by atoms with Crippen molar-refractivity contribution in [3.63, 3.8) is 0 Å². The third kappa shape index (κ3) is 4.21. The van der Waals surface area contributed by atoms with Gasteiger partial charge in [0, 0.05) is 12.3 Å². The van der Waals surface area contributed by atoms with Crippen LogP contribution in [-0.4, -0.2) is 34.1 Å². The SMILES string of the molecule is Cc1cccc(C)c1NC(=O)Cn1c(CNC(=O)C2CCCO2)nc2ccccc21. The molecule has 0 aliphatic carbocycles. The summed E-state index contributed by atoms with van der Waals surface area (Å²) >= 11 is 0. The predicted octanol–water partition coefficient (Wildman–Crippen LogP) is 3.09. The Labute approximate surface area is 175 Å². The number of fused-ring (bicyclic) bond motifs is 1. The van der Waals surface area contributed by atoms with Crippen molar-refractivity contribution in [1.29, 1.82) is 0 Å². The Morgan fingerprint density at radius 1 is 1.13 bits per heavy atom. The molecule has 0 radical (unpaired) electrons. The minimum Gasteiger partial charge on any atom is -0.368 e. The molecule has 1 atom stereocenters. The molecule has 30 heavy (non-hydrogen) atoms. The van der Waals surface area contributed by atoms with Crippen LogP contribution in [0.4, 0.5) is 5.69 Å². The topological polar surface area (TPSA) is 85.2 Å². The number of hydrogen-bond acceptors (Lipinski definition) is 4. The van der Waals surface area contributed by atoms with Gasteiger partial charge in [-0.3, -0.25) is 9.59 Å². The number of benzene rings is 2. The van der Waals surface area contributed by atoms with Crippen molar-refractivity contribution in [1.82, 2.24) is 14.9 Å². The highest BCUT2D eigenvalue weighted by atomic mass is 16.5. The van der Waals surface area contributed by atoms with Gasteiger partial charge in [-0.1, -0.05) is 30.3 Å². The highest BCUT2D eigenvalue weighted by Gasteiger charge is 2.24. The van der Waals surface area contributed by atoms with Gasteiger partial charge in [-0.05, 0) is 49.9 Å². The average Bonchev–Trinajstić information content (AvgIpc) is 3.38. The minimum absolute atomic E-state index is 0.111. The summed E-state index contributed by atoms with van der Waals surface area (Å²) in [5.41, 5.74) is 4.51. The molecule has 2 amide bonds. The molecule has 1 aliphatic rings. The monoisotopic (exact) mass is 406 g/mol. The Kier molecular flexibility index (Phi) is 5.81. The van der Waals surface area contributed by atoms with E-state index in [1.807, 2.05) is 60.9 Å². The number of aromatic nitrogens is 2. The summed E-state index contributed by atoms with van der Waals surface area (Å²) in [5.74, 6) is 0.368. The standard InChI is InChI=1S/C23H26N4O3/c1-15-7-5-8-16(2)22(15)26-21(28)14-27-18-10-4-3-9-17(18)25-20(27)13-24-23(29)19-11-6-12-30-19/h3-5,7-10,19H,6,11-14H2,1-2H3,(H,24,29)(H,26,28). The summed E-state index contributed by atoms with van der Waals surface area (Å²) in [4.78, 5) is 29.8. The molecule has 2 N–H and O–H groups in total. The second-order valence-corrected chi connectivity index (χ2v) is 7.64. The van der Waals surface area contributed by atoms with Gasteiger partial charge >= 0.3 is 0 Å². The van der Waals surface area contributed by atoms with Gasteiger partial charge in [-0.25, -0.2) is 4.98 Å². The summed E-state index contributed by atoms with van der Waals surface area (Å²) in [5, 5.41) is 5.93. The molecule has 0 bridgehead atoms. The Morgan fingerprint density at radius 3 is 2.63 bits per heavy atom. The number of carbonyl (C=O) groups excluding carboxylic acids is 2. The maximum Gasteiger partial charge on any atom is 0.249 e. The predicted molar refractivity (Wildman–Crippen MR) is 115 cm³/mol. The lowest BCUT2D eigenvalue weighted by Gasteiger charge is -2.14. The van der Waals surface area contributed by atoms with E-state index in [0.717, 1.165) is 40.7 Å². The largest absolute Gasteiger partial charge is 0.368 e. The Hall–Kier alpha value is -3.19. The number of aryl methyl sites for hydroxylation is 2. The second-order valence-electron chi connectivity index (χ2n) is 7.64. The van der Waals surface area contributed by atoms with Gasteiger partial charge < -0.3 is 19.9 Å². The van der Waals surface area contributed by atoms with Crippen LogP contribution in [0.3, 0.4) is 0 Å². The van der Waals surface area contributed by atoms with Crippen LogP contribution in [0.1, 0.15) is 29.8 Å². The number of ether oxygens (including phenoxy) is 1. The molecular formula is C23H26N4O3. The van der Waals surface area contributed by atoms with E-state index in [0.29, 0.717) is 12.4 Å². The molecule has 3 aromatic rings. The maximum absolute atomic E-state index is 12.9. The molecule has 4 rings (SSSR count). The van der Waals surface area contributed by atoms with E-state index in [1.54, 1.807) is 0 Å². The van der Waals surface area contributed by atoms with Crippen LogP contribution in [-0.2, 0) is 27.4 Å². The normalized spacial score (nSPS) is 16.0. The van der Waals surface area contributed by atoms with Crippen LogP contribution in [0.25, 0.3) is 11.0 Å². The highest BCUT2D eigenvalue weighted by molar-refractivity contribution is 5.93. The first-order valence-corrected chi connectivity index (χ1v) is 10.2. The lowest BCUT2D eigenvalue weighted by Crippen LogP contribution is -2.34. The average molecular weight is 406 g/mol. The summed E-state index contributed by atoms with van der Waals surface area (Å²) in [7, 11) is 0. The molecule has 0 saturated carbocycles. The van der Waals surface area contributed by atoms with Gasteiger partial charge in [-0.2, -0.15) is 0 Å². The van der Waals surface area contributed by atoms with Gasteiger partial charge in [0.05, 0.1) is 17.6 Å². The molecule has 1 fully saturated rings. The van der Waals surface area contributed by atoms with Crippen molar-refractivity contribution in [3.8, 4) is 0 Å². The molecule has 1 saturated heterocycles.